The van der Waals surface area contributed by atoms with Gasteiger partial charge in [-0.15, -0.1) is 0 Å². The topological polar surface area (TPSA) is 21.3 Å². The summed E-state index contributed by atoms with van der Waals surface area (Å²) in [6.45, 7) is 2.78. The van der Waals surface area contributed by atoms with Crippen LogP contribution in [0.3, 0.4) is 0 Å². The van der Waals surface area contributed by atoms with Gasteiger partial charge < -0.3 is 10.1 Å². The molecule has 1 N–H and O–H groups in total. The SMILES string of the molecule is CNC(COCC(F)(F)F)C(C)C. The van der Waals surface area contributed by atoms with Crippen molar-refractivity contribution in [3.8, 4) is 0 Å². The highest BCUT2D eigenvalue weighted by Gasteiger charge is 2.28. The molecule has 0 heterocycles. The number of likely N-dealkylation sites (N-methyl/N-ethyl adjacent to an activating group) is 1. The predicted octanol–water partition coefficient (Wildman–Crippen LogP) is 1.81. The fourth-order valence-electron chi connectivity index (χ4n) is 0.911. The molecule has 5 heteroatoms. The van der Waals surface area contributed by atoms with Gasteiger partial charge in [0, 0.05) is 6.04 Å². The van der Waals surface area contributed by atoms with Crippen LogP contribution in [0.4, 0.5) is 13.2 Å². The van der Waals surface area contributed by atoms with E-state index < -0.39 is 12.8 Å². The number of ether oxygens (including phenoxy) is 1. The van der Waals surface area contributed by atoms with Crippen molar-refractivity contribution in [3.05, 3.63) is 0 Å². The summed E-state index contributed by atoms with van der Waals surface area (Å²) in [5.41, 5.74) is 0. The van der Waals surface area contributed by atoms with Gasteiger partial charge in [0.05, 0.1) is 6.61 Å². The second-order valence-electron chi connectivity index (χ2n) is 3.27. The zero-order chi connectivity index (χ0) is 10.5. The largest absolute Gasteiger partial charge is 0.411 e. The van der Waals surface area contributed by atoms with Crippen LogP contribution in [-0.2, 0) is 4.74 Å². The third-order valence-electron chi connectivity index (χ3n) is 1.74. The first kappa shape index (κ1) is 12.7. The number of rotatable bonds is 5. The van der Waals surface area contributed by atoms with Crippen LogP contribution in [0.1, 0.15) is 13.8 Å². The summed E-state index contributed by atoms with van der Waals surface area (Å²) in [4.78, 5) is 0. The van der Waals surface area contributed by atoms with Gasteiger partial charge in [0.1, 0.15) is 6.61 Å². The molecule has 0 bridgehead atoms. The molecule has 1 atom stereocenters. The highest BCUT2D eigenvalue weighted by atomic mass is 19.4. The van der Waals surface area contributed by atoms with Gasteiger partial charge in [0.25, 0.3) is 0 Å². The van der Waals surface area contributed by atoms with Crippen molar-refractivity contribution in [3.63, 3.8) is 0 Å². The first-order valence-electron chi connectivity index (χ1n) is 4.18. The number of nitrogens with one attached hydrogen (secondary N) is 1. The summed E-state index contributed by atoms with van der Waals surface area (Å²) in [6, 6.07) is -0.0256. The first-order valence-corrected chi connectivity index (χ1v) is 4.18. The second-order valence-corrected chi connectivity index (χ2v) is 3.27. The van der Waals surface area contributed by atoms with Crippen LogP contribution >= 0.6 is 0 Å². The Morgan fingerprint density at radius 1 is 1.31 bits per heavy atom. The van der Waals surface area contributed by atoms with E-state index in [9.17, 15) is 13.2 Å². The Kier molecular flexibility index (Phi) is 5.32. The predicted molar refractivity (Wildman–Crippen MR) is 44.6 cm³/mol. The van der Waals surface area contributed by atoms with Crippen LogP contribution in [0.5, 0.6) is 0 Å². The lowest BCUT2D eigenvalue weighted by molar-refractivity contribution is -0.175. The third kappa shape index (κ3) is 6.83. The molecule has 1 unspecified atom stereocenters. The fourth-order valence-corrected chi connectivity index (χ4v) is 0.911. The lowest BCUT2D eigenvalue weighted by atomic mass is 10.1. The van der Waals surface area contributed by atoms with Crippen molar-refractivity contribution >= 4 is 0 Å². The van der Waals surface area contributed by atoms with Crippen LogP contribution in [0.25, 0.3) is 0 Å². The molecule has 0 fully saturated rings. The Morgan fingerprint density at radius 2 is 1.85 bits per heavy atom. The molecule has 13 heavy (non-hydrogen) atoms. The maximum atomic E-state index is 11.7. The summed E-state index contributed by atoms with van der Waals surface area (Å²) >= 11 is 0. The average Bonchev–Trinajstić information content (AvgIpc) is 1.95. The zero-order valence-corrected chi connectivity index (χ0v) is 8.11. The second kappa shape index (κ2) is 5.44. The molecular formula is C8H16F3NO. The highest BCUT2D eigenvalue weighted by molar-refractivity contribution is 4.67. The van der Waals surface area contributed by atoms with Crippen LogP contribution in [0.2, 0.25) is 0 Å². The monoisotopic (exact) mass is 199 g/mol. The van der Waals surface area contributed by atoms with E-state index in [-0.39, 0.29) is 18.6 Å². The Morgan fingerprint density at radius 3 is 2.15 bits per heavy atom. The van der Waals surface area contributed by atoms with Crippen molar-refractivity contribution in [2.75, 3.05) is 20.3 Å². The first-order chi connectivity index (χ1) is 5.87. The van der Waals surface area contributed by atoms with Crippen LogP contribution in [0.15, 0.2) is 0 Å². The van der Waals surface area contributed by atoms with E-state index in [1.165, 1.54) is 0 Å². The molecule has 0 saturated carbocycles. The van der Waals surface area contributed by atoms with Crippen molar-refractivity contribution in [2.45, 2.75) is 26.1 Å². The Balaban J connectivity index is 3.62. The molecule has 0 spiro atoms. The van der Waals surface area contributed by atoms with Crippen LogP contribution in [0, 0.1) is 5.92 Å². The molecule has 0 aromatic carbocycles. The van der Waals surface area contributed by atoms with Crippen molar-refractivity contribution in [1.29, 1.82) is 0 Å². The van der Waals surface area contributed by atoms with E-state index in [1.54, 1.807) is 7.05 Å². The summed E-state index contributed by atoms with van der Waals surface area (Å²) < 4.78 is 39.5. The average molecular weight is 199 g/mol. The standard InChI is InChI=1S/C8H16F3NO/c1-6(2)7(12-3)4-13-5-8(9,10)11/h6-7,12H,4-5H2,1-3H3. The molecular weight excluding hydrogens is 183 g/mol. The van der Waals surface area contributed by atoms with Gasteiger partial charge in [-0.2, -0.15) is 13.2 Å². The Hall–Kier alpha value is -0.290. The summed E-state index contributed by atoms with van der Waals surface area (Å²) in [7, 11) is 1.71. The molecule has 0 aliphatic carbocycles. The quantitative estimate of drug-likeness (QED) is 0.729. The van der Waals surface area contributed by atoms with Gasteiger partial charge in [-0.25, -0.2) is 0 Å². The fraction of sp³-hybridized carbons (Fsp3) is 1.00. The highest BCUT2D eigenvalue weighted by Crippen LogP contribution is 2.14. The zero-order valence-electron chi connectivity index (χ0n) is 8.11. The number of halogens is 3. The minimum atomic E-state index is -4.23. The molecule has 0 rings (SSSR count). The van der Waals surface area contributed by atoms with E-state index in [2.05, 4.69) is 10.1 Å². The lowest BCUT2D eigenvalue weighted by Crippen LogP contribution is -2.36. The molecule has 0 aromatic rings. The molecule has 80 valence electrons. The summed E-state index contributed by atoms with van der Waals surface area (Å²) in [5.74, 6) is 0.262. The minimum absolute atomic E-state index is 0.0256. The third-order valence-corrected chi connectivity index (χ3v) is 1.74. The minimum Gasteiger partial charge on any atom is -0.370 e. The smallest absolute Gasteiger partial charge is 0.370 e. The van der Waals surface area contributed by atoms with Gasteiger partial charge in [0.15, 0.2) is 0 Å². The molecule has 2 nitrogen and oxygen atoms in total. The molecule has 0 amide bonds. The van der Waals surface area contributed by atoms with Gasteiger partial charge in [-0.1, -0.05) is 13.8 Å². The molecule has 0 aliphatic rings. The molecule has 0 aliphatic heterocycles. The number of alkyl halides is 3. The Bertz CT molecular complexity index is 136. The van der Waals surface area contributed by atoms with Gasteiger partial charge in [0.2, 0.25) is 0 Å². The van der Waals surface area contributed by atoms with Gasteiger partial charge in [-0.3, -0.25) is 0 Å². The van der Waals surface area contributed by atoms with Crippen molar-refractivity contribution in [2.24, 2.45) is 5.92 Å². The van der Waals surface area contributed by atoms with E-state index in [1.807, 2.05) is 13.8 Å². The van der Waals surface area contributed by atoms with Crippen molar-refractivity contribution in [1.82, 2.24) is 5.32 Å². The normalized spacial score (nSPS) is 15.0. The van der Waals surface area contributed by atoms with E-state index in [0.717, 1.165) is 0 Å². The number of hydrogen-bond acceptors (Lipinski definition) is 2. The summed E-state index contributed by atoms with van der Waals surface area (Å²) in [5, 5.41) is 2.90. The van der Waals surface area contributed by atoms with Crippen molar-refractivity contribution < 1.29 is 17.9 Å². The van der Waals surface area contributed by atoms with E-state index in [4.69, 9.17) is 0 Å². The lowest BCUT2D eigenvalue weighted by Gasteiger charge is -2.20. The van der Waals surface area contributed by atoms with Crippen LogP contribution in [-0.4, -0.2) is 32.5 Å². The van der Waals surface area contributed by atoms with E-state index >= 15 is 0 Å². The molecule has 0 saturated heterocycles. The van der Waals surface area contributed by atoms with Gasteiger partial charge in [-0.05, 0) is 13.0 Å². The maximum absolute atomic E-state index is 11.7. The van der Waals surface area contributed by atoms with Crippen LogP contribution < -0.4 is 5.32 Å². The van der Waals surface area contributed by atoms with E-state index in [0.29, 0.717) is 0 Å². The summed E-state index contributed by atoms with van der Waals surface area (Å²) in [6.07, 6.45) is -4.23. The maximum Gasteiger partial charge on any atom is 0.411 e. The molecule has 0 radical (unpaired) electrons. The Labute approximate surface area is 76.5 Å². The van der Waals surface area contributed by atoms with Gasteiger partial charge >= 0.3 is 6.18 Å². The number of hydrogen-bond donors (Lipinski definition) is 1. The molecule has 0 aromatic heterocycles.